The first kappa shape index (κ1) is 35.7. The Bertz CT molecular complexity index is 1420. The van der Waals surface area contributed by atoms with E-state index in [1.165, 1.54) is 43.5 Å². The summed E-state index contributed by atoms with van der Waals surface area (Å²) in [4.78, 5) is 64.6. The Morgan fingerprint density at radius 2 is 1.78 bits per heavy atom. The number of methoxy groups -OCH3 is 1. The van der Waals surface area contributed by atoms with Gasteiger partial charge in [-0.15, -0.1) is 0 Å². The number of amides is 5. The predicted molar refractivity (Wildman–Crippen MR) is 166 cm³/mol. The summed E-state index contributed by atoms with van der Waals surface area (Å²) in [6, 6.07) is 6.64. The third-order valence-electron chi connectivity index (χ3n) is 7.42. The first-order valence-electron chi connectivity index (χ1n) is 15.2. The van der Waals surface area contributed by atoms with E-state index in [0.29, 0.717) is 30.5 Å². The maximum Gasteiger partial charge on any atom is 0.328 e. The van der Waals surface area contributed by atoms with E-state index in [-0.39, 0.29) is 31.1 Å². The van der Waals surface area contributed by atoms with Crippen molar-refractivity contribution in [3.63, 3.8) is 0 Å². The van der Waals surface area contributed by atoms with E-state index >= 15 is 0 Å². The molecule has 0 saturated carbocycles. The van der Waals surface area contributed by atoms with Gasteiger partial charge in [0.15, 0.2) is 0 Å². The molecule has 248 valence electrons. The number of benzene rings is 2. The summed E-state index contributed by atoms with van der Waals surface area (Å²) in [5, 5.41) is 13.3. The molecule has 2 aromatic rings. The summed E-state index contributed by atoms with van der Waals surface area (Å²) in [5.74, 6) is -3.65. The highest BCUT2D eigenvalue weighted by molar-refractivity contribution is 5.93. The fraction of sp³-hybridized carbons (Fsp3) is 0.424. The number of carbonyl (C=O) groups is 5. The van der Waals surface area contributed by atoms with Crippen LogP contribution in [-0.4, -0.2) is 67.5 Å². The number of rotatable bonds is 10. The van der Waals surface area contributed by atoms with E-state index in [2.05, 4.69) is 26.6 Å². The minimum Gasteiger partial charge on any atom is -0.467 e. The molecular formula is C33H41F2N5O6. The molecule has 0 fully saturated rings. The van der Waals surface area contributed by atoms with Crippen LogP contribution in [0.15, 0.2) is 60.7 Å². The van der Waals surface area contributed by atoms with Crippen LogP contribution < -0.4 is 26.6 Å². The maximum atomic E-state index is 14.4. The number of esters is 1. The van der Waals surface area contributed by atoms with Gasteiger partial charge in [-0.05, 0) is 60.9 Å². The van der Waals surface area contributed by atoms with E-state index in [1.807, 2.05) is 0 Å². The molecule has 1 aliphatic heterocycles. The van der Waals surface area contributed by atoms with Gasteiger partial charge in [0, 0.05) is 19.0 Å². The lowest BCUT2D eigenvalue weighted by atomic mass is 10.0. The summed E-state index contributed by atoms with van der Waals surface area (Å²) in [5.41, 5.74) is 0.727. The summed E-state index contributed by atoms with van der Waals surface area (Å²) in [6.45, 7) is 3.76. The molecular weight excluding hydrogens is 600 g/mol. The van der Waals surface area contributed by atoms with Gasteiger partial charge in [0.25, 0.3) is 0 Å². The second kappa shape index (κ2) is 17.6. The second-order valence-electron chi connectivity index (χ2n) is 11.4. The van der Waals surface area contributed by atoms with Crippen LogP contribution in [0.3, 0.4) is 0 Å². The zero-order valence-electron chi connectivity index (χ0n) is 26.1. The van der Waals surface area contributed by atoms with Gasteiger partial charge in [-0.3, -0.25) is 14.4 Å². The Balaban J connectivity index is 1.83. The van der Waals surface area contributed by atoms with Crippen LogP contribution in [0.1, 0.15) is 44.2 Å². The number of hydrogen-bond donors (Lipinski definition) is 5. The molecule has 1 unspecified atom stereocenters. The molecule has 13 heteroatoms. The molecule has 5 amide bonds. The quantitative estimate of drug-likeness (QED) is 0.251. The normalized spacial score (nSPS) is 19.3. The molecule has 1 aliphatic rings. The highest BCUT2D eigenvalue weighted by Crippen LogP contribution is 2.13. The van der Waals surface area contributed by atoms with Crippen LogP contribution in [0.5, 0.6) is 0 Å². The van der Waals surface area contributed by atoms with Gasteiger partial charge in [0.1, 0.15) is 29.8 Å². The zero-order valence-corrected chi connectivity index (χ0v) is 26.1. The molecule has 11 nitrogen and oxygen atoms in total. The van der Waals surface area contributed by atoms with Gasteiger partial charge in [-0.2, -0.15) is 0 Å². The summed E-state index contributed by atoms with van der Waals surface area (Å²) >= 11 is 0. The van der Waals surface area contributed by atoms with Gasteiger partial charge in [0.05, 0.1) is 13.2 Å². The standard InChI is InChI=1S/C33H41F2N5O6/c1-20(2)29(32(44)46-3)40-33(45)39-27(18-21-9-8-11-23(34)17-21)31(43)38-26-13-6-7-16-36-28(41)15-14-24(37-30(26)42)19-22-10-4-5-12-25(22)35/h4-5,8-12,14-15,17,20,24,26-27,29H,6-7,13,16,18-19H2,1-3H3,(H,36,41)(H,37,42)(H,38,43)(H2,39,40,45)/b15-14+/t24-,26+,27+,29?/m1/s1. The van der Waals surface area contributed by atoms with Crippen LogP contribution in [0, 0.1) is 17.6 Å². The minimum atomic E-state index is -1.27. The molecule has 3 rings (SSSR count). The SMILES string of the molecule is COC(=O)C(NC(=O)N[C@@H](Cc1cccc(F)c1)C(=O)N[C@H]1CCCCNC(=O)/C=C/[C@H](Cc2ccccc2F)NC1=O)C(C)C. The Morgan fingerprint density at radius 1 is 1.02 bits per heavy atom. The van der Waals surface area contributed by atoms with Crippen molar-refractivity contribution in [3.8, 4) is 0 Å². The van der Waals surface area contributed by atoms with Crippen molar-refractivity contribution < 1.29 is 37.5 Å². The van der Waals surface area contributed by atoms with Crippen molar-refractivity contribution in [1.82, 2.24) is 26.6 Å². The molecule has 0 bridgehead atoms. The third-order valence-corrected chi connectivity index (χ3v) is 7.42. The monoisotopic (exact) mass is 641 g/mol. The van der Waals surface area contributed by atoms with Crippen LogP contribution in [-0.2, 0) is 36.8 Å². The predicted octanol–water partition coefficient (Wildman–Crippen LogP) is 2.44. The van der Waals surface area contributed by atoms with Crippen LogP contribution >= 0.6 is 0 Å². The van der Waals surface area contributed by atoms with Crippen molar-refractivity contribution in [2.45, 2.75) is 70.1 Å². The van der Waals surface area contributed by atoms with E-state index < -0.39 is 59.6 Å². The highest BCUT2D eigenvalue weighted by atomic mass is 19.1. The molecule has 0 aromatic heterocycles. The Hall–Kier alpha value is -4.81. The highest BCUT2D eigenvalue weighted by Gasteiger charge is 2.30. The van der Waals surface area contributed by atoms with E-state index in [4.69, 9.17) is 4.74 Å². The van der Waals surface area contributed by atoms with Crippen molar-refractivity contribution >= 4 is 29.7 Å². The number of halogens is 2. The average molecular weight is 642 g/mol. The van der Waals surface area contributed by atoms with Crippen LogP contribution in [0.25, 0.3) is 0 Å². The minimum absolute atomic E-state index is 0.0456. The molecule has 46 heavy (non-hydrogen) atoms. The van der Waals surface area contributed by atoms with Gasteiger partial charge in [0.2, 0.25) is 17.7 Å². The Morgan fingerprint density at radius 3 is 2.48 bits per heavy atom. The number of carbonyl (C=O) groups excluding carboxylic acids is 5. The van der Waals surface area contributed by atoms with Crippen LogP contribution in [0.2, 0.25) is 0 Å². The second-order valence-corrected chi connectivity index (χ2v) is 11.4. The summed E-state index contributed by atoms with van der Waals surface area (Å²) in [6.07, 6.45) is 3.83. The van der Waals surface area contributed by atoms with Crippen molar-refractivity contribution in [3.05, 3.63) is 83.4 Å². The molecule has 0 saturated heterocycles. The molecule has 2 aromatic carbocycles. The van der Waals surface area contributed by atoms with Gasteiger partial charge in [-0.1, -0.05) is 50.3 Å². The molecule has 0 spiro atoms. The molecule has 5 N–H and O–H groups in total. The van der Waals surface area contributed by atoms with Crippen molar-refractivity contribution in [2.24, 2.45) is 5.92 Å². The average Bonchev–Trinajstić information content (AvgIpc) is 3.01. The van der Waals surface area contributed by atoms with E-state index in [9.17, 15) is 32.8 Å². The third kappa shape index (κ3) is 11.3. The molecule has 0 radical (unpaired) electrons. The van der Waals surface area contributed by atoms with Gasteiger partial charge < -0.3 is 31.3 Å². The topological polar surface area (TPSA) is 155 Å². The van der Waals surface area contributed by atoms with Crippen molar-refractivity contribution in [2.75, 3.05) is 13.7 Å². The lowest BCUT2D eigenvalue weighted by molar-refractivity contribution is -0.144. The number of hydrogen-bond acceptors (Lipinski definition) is 6. The lowest BCUT2D eigenvalue weighted by Gasteiger charge is -2.26. The zero-order chi connectivity index (χ0) is 33.6. The van der Waals surface area contributed by atoms with Gasteiger partial charge in [-0.25, -0.2) is 18.4 Å². The smallest absolute Gasteiger partial charge is 0.328 e. The van der Waals surface area contributed by atoms with Crippen molar-refractivity contribution in [1.29, 1.82) is 0 Å². The largest absolute Gasteiger partial charge is 0.467 e. The van der Waals surface area contributed by atoms with E-state index in [0.717, 1.165) is 0 Å². The lowest BCUT2D eigenvalue weighted by Crippen LogP contribution is -2.58. The Labute approximate surface area is 266 Å². The fourth-order valence-electron chi connectivity index (χ4n) is 4.91. The van der Waals surface area contributed by atoms with Crippen LogP contribution in [0.4, 0.5) is 13.6 Å². The first-order chi connectivity index (χ1) is 22.0. The summed E-state index contributed by atoms with van der Waals surface area (Å²) < 4.78 is 33.2. The molecule has 0 aliphatic carbocycles. The van der Waals surface area contributed by atoms with E-state index in [1.54, 1.807) is 38.1 Å². The molecule has 1 heterocycles. The fourth-order valence-corrected chi connectivity index (χ4v) is 4.91. The first-order valence-corrected chi connectivity index (χ1v) is 15.2. The number of ether oxygens (including phenoxy) is 1. The summed E-state index contributed by atoms with van der Waals surface area (Å²) in [7, 11) is 1.19. The Kier molecular flexibility index (Phi) is 13.7. The molecule has 4 atom stereocenters. The number of nitrogens with one attached hydrogen (secondary N) is 5. The number of urea groups is 1. The van der Waals surface area contributed by atoms with Gasteiger partial charge >= 0.3 is 12.0 Å². The maximum absolute atomic E-state index is 14.4.